The zero-order valence-electron chi connectivity index (χ0n) is 46.3. The van der Waals surface area contributed by atoms with Crippen LogP contribution in [0.3, 0.4) is 0 Å². The predicted octanol–water partition coefficient (Wildman–Crippen LogP) is 16.4. The van der Waals surface area contributed by atoms with E-state index in [1.165, 1.54) is 103 Å². The van der Waals surface area contributed by atoms with Gasteiger partial charge in [0, 0.05) is 6.42 Å². The van der Waals surface area contributed by atoms with Crippen molar-refractivity contribution in [1.82, 2.24) is 5.32 Å². The van der Waals surface area contributed by atoms with E-state index >= 15 is 0 Å². The van der Waals surface area contributed by atoms with Crippen molar-refractivity contribution in [2.75, 3.05) is 40.9 Å². The lowest BCUT2D eigenvalue weighted by molar-refractivity contribution is -0.870. The number of nitrogens with one attached hydrogen (secondary N) is 1. The zero-order valence-corrected chi connectivity index (χ0v) is 47.2. The number of phosphoric acid groups is 1. The Morgan fingerprint density at radius 1 is 0.521 bits per heavy atom. The van der Waals surface area contributed by atoms with Crippen molar-refractivity contribution in [2.45, 2.75) is 244 Å². The van der Waals surface area contributed by atoms with Gasteiger partial charge in [-0.3, -0.25) is 13.8 Å². The van der Waals surface area contributed by atoms with Gasteiger partial charge in [-0.2, -0.15) is 0 Å². The van der Waals surface area contributed by atoms with Gasteiger partial charge in [-0.25, -0.2) is 4.57 Å². The number of likely N-dealkylation sites (N-methyl/N-ethyl adjacent to an activating group) is 1. The molecule has 4 unspecified atom stereocenters. The molecular weight excluding hydrogens is 904 g/mol. The summed E-state index contributed by atoms with van der Waals surface area (Å²) in [6, 6.07) is -1.06. The lowest BCUT2D eigenvalue weighted by atomic mass is 10.0. The summed E-state index contributed by atoms with van der Waals surface area (Å²) < 4.78 is 23.6. The molecule has 71 heavy (non-hydrogen) atoms. The Kier molecular flexibility index (Phi) is 49.0. The smallest absolute Gasteiger partial charge is 0.390 e. The average Bonchev–Trinajstić information content (AvgIpc) is 3.33. The minimum absolute atomic E-state index is 0.00957. The van der Waals surface area contributed by atoms with Crippen LogP contribution in [-0.2, 0) is 18.4 Å². The van der Waals surface area contributed by atoms with E-state index in [0.29, 0.717) is 23.9 Å². The Morgan fingerprint density at radius 2 is 0.901 bits per heavy atom. The number of hydrogen-bond donors (Lipinski definition) is 4. The second-order valence-electron chi connectivity index (χ2n) is 20.4. The fourth-order valence-electron chi connectivity index (χ4n) is 7.97. The number of nitrogens with zero attached hydrogens (tertiary/aromatic N) is 1. The number of unbranched alkanes of at least 4 members (excludes halogenated alkanes) is 22. The summed E-state index contributed by atoms with van der Waals surface area (Å²) in [6.45, 7) is 4.24. The number of rotatable bonds is 51. The molecule has 0 saturated carbocycles. The normalized spacial score (nSPS) is 15.1. The minimum Gasteiger partial charge on any atom is -0.390 e. The van der Waals surface area contributed by atoms with Crippen LogP contribution in [0.25, 0.3) is 0 Å². The molecule has 0 aliphatic carbocycles. The van der Waals surface area contributed by atoms with Gasteiger partial charge in [0.1, 0.15) is 19.3 Å². The molecule has 0 spiro atoms. The maximum Gasteiger partial charge on any atom is 0.472 e. The van der Waals surface area contributed by atoms with E-state index in [2.05, 4.69) is 109 Å². The monoisotopic (exact) mass is 1010 g/mol. The van der Waals surface area contributed by atoms with Crippen LogP contribution in [0, 0.1) is 0 Å². The van der Waals surface area contributed by atoms with Crippen LogP contribution in [0.1, 0.15) is 226 Å². The Bertz CT molecular complexity index is 1490. The highest BCUT2D eigenvalue weighted by atomic mass is 31.2. The molecule has 410 valence electrons. The number of aliphatic hydroxyl groups excluding tert-OH is 2. The molecule has 0 fully saturated rings. The number of amides is 1. The van der Waals surface area contributed by atoms with Crippen molar-refractivity contribution in [3.8, 4) is 0 Å². The third-order valence-corrected chi connectivity index (χ3v) is 13.4. The zero-order chi connectivity index (χ0) is 52.2. The van der Waals surface area contributed by atoms with E-state index in [9.17, 15) is 24.5 Å². The molecule has 0 saturated heterocycles. The molecule has 0 aromatic heterocycles. The SMILES string of the molecule is C/C=C/CC/C=C/CC/C=C/CCCC(O)C(O)C(COP(=O)(O)OCC[N+](C)(C)C)NC(=O)CCCCCCCCCCCCCCCCCCCCC/C=C\C/C=C\C/C=C\C/C=C\C/C=C\CC. The standard InChI is InChI=1S/C61H109N2O7P/c1-6-8-10-12-14-16-18-20-21-22-23-24-25-26-27-28-29-30-31-32-33-34-35-36-37-38-39-40-41-42-44-46-48-50-52-54-60(65)62-58(57-70-71(67,68)69-56-55-63(3,4)5)61(66)59(64)53-51-49-47-45-43-19-17-15-13-11-9-7-2/h7-10,14-17,20-21,23-24,26-27,45,47,58-59,61,64,66H,6,11-13,18-19,22,25,28-44,46,48-57H2,1-5H3,(H-,62,65,67,68)/p+1/b9-7+,10-8-,16-14-,17-15+,21-20-,24-23-,27-26-,47-45+. The molecule has 0 aliphatic rings. The molecule has 0 radical (unpaired) electrons. The summed E-state index contributed by atoms with van der Waals surface area (Å²) >= 11 is 0. The van der Waals surface area contributed by atoms with Gasteiger partial charge in [0.15, 0.2) is 0 Å². The molecule has 1 amide bonds. The quantitative estimate of drug-likeness (QED) is 0.0207. The van der Waals surface area contributed by atoms with Gasteiger partial charge in [-0.05, 0) is 103 Å². The summed E-state index contributed by atoms with van der Waals surface area (Å²) in [5.74, 6) is -0.276. The van der Waals surface area contributed by atoms with Crippen molar-refractivity contribution >= 4 is 13.7 Å². The van der Waals surface area contributed by atoms with E-state index < -0.39 is 32.7 Å². The highest BCUT2D eigenvalue weighted by molar-refractivity contribution is 7.47. The van der Waals surface area contributed by atoms with Crippen LogP contribution in [-0.4, -0.2) is 84.6 Å². The lowest BCUT2D eigenvalue weighted by Gasteiger charge is -2.28. The van der Waals surface area contributed by atoms with Crippen molar-refractivity contribution in [3.05, 3.63) is 97.2 Å². The highest BCUT2D eigenvalue weighted by Crippen LogP contribution is 2.43. The summed E-state index contributed by atoms with van der Waals surface area (Å²) in [7, 11) is 1.40. The summed E-state index contributed by atoms with van der Waals surface area (Å²) in [4.78, 5) is 23.3. The van der Waals surface area contributed by atoms with Crippen LogP contribution >= 0.6 is 7.82 Å². The van der Waals surface area contributed by atoms with Crippen LogP contribution in [0.5, 0.6) is 0 Å². The fraction of sp³-hybridized carbons (Fsp3) is 0.721. The van der Waals surface area contributed by atoms with Gasteiger partial charge in [0.2, 0.25) is 5.91 Å². The Hall–Kier alpha value is -2.62. The fourth-order valence-corrected chi connectivity index (χ4v) is 8.71. The third-order valence-electron chi connectivity index (χ3n) is 12.5. The van der Waals surface area contributed by atoms with Gasteiger partial charge >= 0.3 is 7.82 Å². The van der Waals surface area contributed by atoms with E-state index in [-0.39, 0.29) is 18.9 Å². The molecular formula is C61H110N2O7P+. The number of phosphoric ester groups is 1. The number of carbonyl (C=O) groups excluding carboxylic acids is 1. The Balaban J connectivity index is 4.08. The molecule has 4 atom stereocenters. The van der Waals surface area contributed by atoms with Gasteiger partial charge in [-0.1, -0.05) is 213 Å². The first-order chi connectivity index (χ1) is 34.4. The summed E-state index contributed by atoms with van der Waals surface area (Å²) in [5, 5.41) is 24.7. The topological polar surface area (TPSA) is 125 Å². The molecule has 0 aromatic carbocycles. The molecule has 0 rings (SSSR count). The van der Waals surface area contributed by atoms with Crippen LogP contribution < -0.4 is 5.32 Å². The maximum atomic E-state index is 13.0. The van der Waals surface area contributed by atoms with Crippen molar-refractivity contribution in [3.63, 3.8) is 0 Å². The van der Waals surface area contributed by atoms with Crippen molar-refractivity contribution < 1.29 is 38.0 Å². The second-order valence-corrected chi connectivity index (χ2v) is 21.9. The number of carbonyl (C=O) groups is 1. The lowest BCUT2D eigenvalue weighted by Crippen LogP contribution is -2.51. The Morgan fingerprint density at radius 3 is 1.35 bits per heavy atom. The van der Waals surface area contributed by atoms with E-state index in [1.54, 1.807) is 0 Å². The number of hydrogen-bond acceptors (Lipinski definition) is 6. The first-order valence-electron chi connectivity index (χ1n) is 28.7. The molecule has 0 heterocycles. The average molecular weight is 1010 g/mol. The van der Waals surface area contributed by atoms with Gasteiger partial charge in [-0.15, -0.1) is 0 Å². The highest BCUT2D eigenvalue weighted by Gasteiger charge is 2.31. The van der Waals surface area contributed by atoms with Gasteiger partial charge in [0.05, 0.1) is 39.9 Å². The summed E-state index contributed by atoms with van der Waals surface area (Å²) in [6.07, 6.45) is 69.6. The van der Waals surface area contributed by atoms with Crippen LogP contribution in [0.15, 0.2) is 97.2 Å². The molecule has 10 heteroatoms. The second kappa shape index (κ2) is 50.9. The predicted molar refractivity (Wildman–Crippen MR) is 305 cm³/mol. The minimum atomic E-state index is -4.44. The number of allylic oxidation sites excluding steroid dienone is 16. The third kappa shape index (κ3) is 52.1. The Labute approximate surface area is 437 Å². The van der Waals surface area contributed by atoms with Gasteiger partial charge < -0.3 is 24.9 Å². The van der Waals surface area contributed by atoms with Crippen LogP contribution in [0.2, 0.25) is 0 Å². The number of quaternary nitrogens is 1. The molecule has 0 aliphatic heterocycles. The molecule has 4 N–H and O–H groups in total. The molecule has 0 bridgehead atoms. The summed E-state index contributed by atoms with van der Waals surface area (Å²) in [5.41, 5.74) is 0. The molecule has 0 aromatic rings. The van der Waals surface area contributed by atoms with Gasteiger partial charge in [0.25, 0.3) is 0 Å². The van der Waals surface area contributed by atoms with E-state index in [0.717, 1.165) is 89.9 Å². The maximum absolute atomic E-state index is 13.0. The van der Waals surface area contributed by atoms with E-state index in [1.807, 2.05) is 28.1 Å². The van der Waals surface area contributed by atoms with Crippen molar-refractivity contribution in [2.24, 2.45) is 0 Å². The van der Waals surface area contributed by atoms with E-state index in [4.69, 9.17) is 9.05 Å². The first-order valence-corrected chi connectivity index (χ1v) is 30.1. The first kappa shape index (κ1) is 68.4. The van der Waals surface area contributed by atoms with Crippen LogP contribution in [0.4, 0.5) is 0 Å². The van der Waals surface area contributed by atoms with Crippen molar-refractivity contribution in [1.29, 1.82) is 0 Å². The largest absolute Gasteiger partial charge is 0.472 e. The molecule has 9 nitrogen and oxygen atoms in total. The number of aliphatic hydroxyl groups is 2.